The van der Waals surface area contributed by atoms with Crippen LogP contribution in [0.2, 0.25) is 0 Å². The number of anilines is 1. The van der Waals surface area contributed by atoms with E-state index in [4.69, 9.17) is 0 Å². The Morgan fingerprint density at radius 1 is 0.929 bits per heavy atom. The number of alkyl halides is 10. The SMILES string of the molecule is Cc1cc(C(F)(C(F)(F)F)C(F)(F)F)ccc1NC(=O)c1cccc(I)c1C(=O)N[C@@H](C)CS(C)=NC(=O)C(F)(F)F. The molecule has 232 valence electrons. The minimum Gasteiger partial charge on any atom is -0.349 e. The van der Waals surface area contributed by atoms with Crippen LogP contribution in [0.4, 0.5) is 49.6 Å². The zero-order valence-corrected chi connectivity index (χ0v) is 24.5. The number of amides is 3. The summed E-state index contributed by atoms with van der Waals surface area (Å²) in [5, 5.41) is 4.74. The van der Waals surface area contributed by atoms with Crippen molar-refractivity contribution in [3.05, 3.63) is 62.2 Å². The lowest BCUT2D eigenvalue weighted by Crippen LogP contribution is -2.50. The highest BCUT2D eigenvalue weighted by Crippen LogP contribution is 2.53. The molecule has 0 aliphatic heterocycles. The molecule has 0 spiro atoms. The maximum Gasteiger partial charge on any atom is 0.474 e. The van der Waals surface area contributed by atoms with Gasteiger partial charge in [0.1, 0.15) is 0 Å². The largest absolute Gasteiger partial charge is 0.474 e. The van der Waals surface area contributed by atoms with Crippen molar-refractivity contribution in [1.82, 2.24) is 5.32 Å². The van der Waals surface area contributed by atoms with Crippen molar-refractivity contribution in [2.24, 2.45) is 4.36 Å². The highest BCUT2D eigenvalue weighted by molar-refractivity contribution is 14.1. The maximum atomic E-state index is 14.4. The van der Waals surface area contributed by atoms with Gasteiger partial charge in [0, 0.05) is 26.6 Å². The molecule has 42 heavy (non-hydrogen) atoms. The monoisotopic (exact) mass is 747 g/mol. The molecule has 0 radical (unpaired) electrons. The van der Waals surface area contributed by atoms with E-state index in [0.29, 0.717) is 6.07 Å². The van der Waals surface area contributed by atoms with Gasteiger partial charge in [0.2, 0.25) is 0 Å². The lowest BCUT2D eigenvalue weighted by molar-refractivity contribution is -0.348. The van der Waals surface area contributed by atoms with Crippen LogP contribution in [-0.2, 0) is 21.2 Å². The normalized spacial score (nSPS) is 14.3. The van der Waals surface area contributed by atoms with Crippen molar-refractivity contribution in [3.8, 4) is 0 Å². The van der Waals surface area contributed by atoms with E-state index in [2.05, 4.69) is 15.0 Å². The van der Waals surface area contributed by atoms with Crippen molar-refractivity contribution in [1.29, 1.82) is 0 Å². The second kappa shape index (κ2) is 12.8. The summed E-state index contributed by atoms with van der Waals surface area (Å²) < 4.78 is 134. The number of halogens is 11. The van der Waals surface area contributed by atoms with Gasteiger partial charge >= 0.3 is 30.1 Å². The molecular formula is C24H20F10IN3O3S. The van der Waals surface area contributed by atoms with Crippen LogP contribution in [0.5, 0.6) is 0 Å². The Kier molecular flexibility index (Phi) is 10.8. The number of nitrogens with one attached hydrogen (secondary N) is 2. The van der Waals surface area contributed by atoms with Gasteiger partial charge < -0.3 is 10.6 Å². The Hall–Kier alpha value is -2.77. The number of carbonyl (C=O) groups is 3. The van der Waals surface area contributed by atoms with E-state index < -0.39 is 64.2 Å². The minimum atomic E-state index is -6.33. The predicted octanol–water partition coefficient (Wildman–Crippen LogP) is 6.78. The Balaban J connectivity index is 2.32. The van der Waals surface area contributed by atoms with Gasteiger partial charge in [-0.15, -0.1) is 0 Å². The van der Waals surface area contributed by atoms with E-state index in [0.717, 1.165) is 6.92 Å². The summed E-state index contributed by atoms with van der Waals surface area (Å²) >= 11 is 1.71. The standard InChI is InChI=1S/C24H20F10IN3O3S/c1-11-9-13(21(25,23(29,30)31)24(32,33)34)7-8-16(11)37-18(39)14-5-4-6-15(35)17(14)19(40)36-12(2)10-42(3)38-20(41)22(26,27)28/h4-9,12H,10H2,1-3H3,(H,36,40)(H,37,39)/t12-,42?/m0/s1. The van der Waals surface area contributed by atoms with Gasteiger partial charge in [0.05, 0.1) is 11.1 Å². The van der Waals surface area contributed by atoms with Crippen molar-refractivity contribution >= 4 is 56.7 Å². The molecule has 6 nitrogen and oxygen atoms in total. The zero-order chi connectivity index (χ0) is 32.4. The molecule has 2 aromatic carbocycles. The van der Waals surface area contributed by atoms with Crippen molar-refractivity contribution in [2.45, 2.75) is 44.1 Å². The third kappa shape index (κ3) is 7.99. The molecule has 0 heterocycles. The third-order valence-electron chi connectivity index (χ3n) is 5.49. The van der Waals surface area contributed by atoms with Crippen LogP contribution in [0.1, 0.15) is 38.8 Å². The lowest BCUT2D eigenvalue weighted by Gasteiger charge is -2.30. The van der Waals surface area contributed by atoms with E-state index in [9.17, 15) is 58.3 Å². The number of rotatable bonds is 7. The minimum absolute atomic E-state index is 0.157. The number of benzene rings is 2. The van der Waals surface area contributed by atoms with Gasteiger partial charge in [-0.05, 0) is 66.5 Å². The Morgan fingerprint density at radius 3 is 2.00 bits per heavy atom. The van der Waals surface area contributed by atoms with Gasteiger partial charge in [-0.2, -0.15) is 43.9 Å². The van der Waals surface area contributed by atoms with Gasteiger partial charge in [-0.3, -0.25) is 14.4 Å². The molecule has 2 atom stereocenters. The fourth-order valence-electron chi connectivity index (χ4n) is 3.57. The van der Waals surface area contributed by atoms with Gasteiger partial charge in [-0.25, -0.2) is 4.39 Å². The molecule has 0 aliphatic carbocycles. The molecule has 0 fully saturated rings. The first-order chi connectivity index (χ1) is 19.0. The summed E-state index contributed by atoms with van der Waals surface area (Å²) in [5.74, 6) is -4.28. The second-order valence-electron chi connectivity index (χ2n) is 8.84. The first kappa shape index (κ1) is 35.4. The fourth-order valence-corrected chi connectivity index (χ4v) is 5.58. The molecule has 0 aliphatic rings. The topological polar surface area (TPSA) is 87.6 Å². The molecule has 2 N–H and O–H groups in total. The Morgan fingerprint density at radius 2 is 1.50 bits per heavy atom. The molecule has 2 rings (SSSR count). The van der Waals surface area contributed by atoms with E-state index in [1.54, 1.807) is 22.6 Å². The van der Waals surface area contributed by atoms with Crippen LogP contribution < -0.4 is 10.6 Å². The summed E-state index contributed by atoms with van der Waals surface area (Å²) in [6.07, 6.45) is -16.6. The van der Waals surface area contributed by atoms with E-state index in [-0.39, 0.29) is 43.8 Å². The molecule has 0 saturated heterocycles. The van der Waals surface area contributed by atoms with Crippen LogP contribution in [-0.4, -0.2) is 54.3 Å². The molecular weight excluding hydrogens is 727 g/mol. The summed E-state index contributed by atoms with van der Waals surface area (Å²) in [6, 6.07) is 4.36. The lowest BCUT2D eigenvalue weighted by atomic mass is 9.92. The quantitative estimate of drug-likeness (QED) is 0.242. The molecule has 1 unspecified atom stereocenters. The number of hydrogen-bond acceptors (Lipinski definition) is 3. The van der Waals surface area contributed by atoms with E-state index >= 15 is 0 Å². The van der Waals surface area contributed by atoms with Crippen LogP contribution in [0.25, 0.3) is 0 Å². The Bertz CT molecular complexity index is 1390. The highest BCUT2D eigenvalue weighted by Gasteiger charge is 2.73. The van der Waals surface area contributed by atoms with Gasteiger partial charge in [0.25, 0.3) is 11.8 Å². The van der Waals surface area contributed by atoms with Gasteiger partial charge in [-0.1, -0.05) is 28.9 Å². The summed E-state index contributed by atoms with van der Waals surface area (Å²) in [7, 11) is -1.43. The van der Waals surface area contributed by atoms with Crippen molar-refractivity contribution in [2.75, 3.05) is 17.3 Å². The molecule has 2 aromatic rings. The number of carbonyl (C=O) groups excluding carboxylic acids is 3. The zero-order valence-electron chi connectivity index (χ0n) is 21.5. The van der Waals surface area contributed by atoms with E-state index in [1.165, 1.54) is 31.4 Å². The van der Waals surface area contributed by atoms with Crippen LogP contribution in [0.3, 0.4) is 0 Å². The average molecular weight is 747 g/mol. The van der Waals surface area contributed by atoms with Crippen molar-refractivity contribution in [3.63, 3.8) is 0 Å². The first-order valence-electron chi connectivity index (χ1n) is 11.3. The average Bonchev–Trinajstić information content (AvgIpc) is 2.82. The maximum absolute atomic E-state index is 14.4. The molecule has 0 saturated carbocycles. The molecule has 3 amide bonds. The first-order valence-corrected chi connectivity index (χ1v) is 14.1. The third-order valence-corrected chi connectivity index (χ3v) is 7.85. The van der Waals surface area contributed by atoms with E-state index in [1.807, 2.05) is 0 Å². The predicted molar refractivity (Wildman–Crippen MR) is 142 cm³/mol. The van der Waals surface area contributed by atoms with Crippen LogP contribution in [0, 0.1) is 10.5 Å². The number of aryl methyl sites for hydroxylation is 1. The second-order valence-corrected chi connectivity index (χ2v) is 11.7. The molecule has 0 aromatic heterocycles. The van der Waals surface area contributed by atoms with Crippen LogP contribution >= 0.6 is 22.6 Å². The van der Waals surface area contributed by atoms with Crippen LogP contribution in [0.15, 0.2) is 40.8 Å². The molecule has 18 heteroatoms. The summed E-state index contributed by atoms with van der Waals surface area (Å²) in [4.78, 5) is 37.1. The fraction of sp³-hybridized carbons (Fsp3) is 0.375. The smallest absolute Gasteiger partial charge is 0.349 e. The summed E-state index contributed by atoms with van der Waals surface area (Å²) in [6.45, 7) is 2.45. The van der Waals surface area contributed by atoms with Crippen molar-refractivity contribution < 1.29 is 58.3 Å². The highest BCUT2D eigenvalue weighted by atomic mass is 127. The number of hydrogen-bond donors (Lipinski definition) is 2. The van der Waals surface area contributed by atoms with Gasteiger partial charge in [0.15, 0.2) is 0 Å². The summed E-state index contributed by atoms with van der Waals surface area (Å²) in [5.41, 5.74) is -8.52. The Labute approximate surface area is 247 Å². The molecule has 0 bridgehead atoms. The number of nitrogens with zero attached hydrogens (tertiary/aromatic N) is 1.